The molecule has 0 atom stereocenters. The van der Waals surface area contributed by atoms with Crippen LogP contribution < -0.4 is 0 Å². The molecule has 25 heavy (non-hydrogen) atoms. The van der Waals surface area contributed by atoms with Gasteiger partial charge in [-0.25, -0.2) is 4.79 Å². The fourth-order valence-corrected chi connectivity index (χ4v) is 3.27. The highest BCUT2D eigenvalue weighted by Gasteiger charge is 2.23. The maximum atomic E-state index is 12.4. The lowest BCUT2D eigenvalue weighted by molar-refractivity contribution is -0.121. The van der Waals surface area contributed by atoms with Gasteiger partial charge in [-0.05, 0) is 42.5 Å². The SMILES string of the molecule is O=C(ON1CCC(c2ccccc2)CC1)c1ccc2nccnc2c1. The smallest absolute Gasteiger partial charge is 0.357 e. The second-order valence-corrected chi connectivity index (χ2v) is 6.25. The van der Waals surface area contributed by atoms with Gasteiger partial charge in [-0.1, -0.05) is 30.3 Å². The van der Waals surface area contributed by atoms with Crippen molar-refractivity contribution in [3.05, 3.63) is 72.1 Å². The normalized spacial score (nSPS) is 16.0. The van der Waals surface area contributed by atoms with Gasteiger partial charge in [-0.15, -0.1) is 5.06 Å². The van der Waals surface area contributed by atoms with Crippen molar-refractivity contribution in [2.24, 2.45) is 0 Å². The fourth-order valence-electron chi connectivity index (χ4n) is 3.27. The Morgan fingerprint density at radius 3 is 2.44 bits per heavy atom. The van der Waals surface area contributed by atoms with Crippen molar-refractivity contribution in [2.75, 3.05) is 13.1 Å². The van der Waals surface area contributed by atoms with Crippen LogP contribution in [0.5, 0.6) is 0 Å². The zero-order chi connectivity index (χ0) is 17.1. The Hall–Kier alpha value is -2.79. The maximum absolute atomic E-state index is 12.4. The van der Waals surface area contributed by atoms with Crippen molar-refractivity contribution in [2.45, 2.75) is 18.8 Å². The predicted octanol–water partition coefficient (Wildman–Crippen LogP) is 3.58. The first-order valence-corrected chi connectivity index (χ1v) is 8.52. The van der Waals surface area contributed by atoms with Gasteiger partial charge < -0.3 is 4.84 Å². The molecule has 0 amide bonds. The zero-order valence-electron chi connectivity index (χ0n) is 13.8. The van der Waals surface area contributed by atoms with E-state index in [0.717, 1.165) is 31.4 Å². The molecular weight excluding hydrogens is 314 g/mol. The van der Waals surface area contributed by atoms with Gasteiger partial charge in [0.05, 0.1) is 16.6 Å². The Bertz CT molecular complexity index is 874. The third kappa shape index (κ3) is 3.51. The van der Waals surface area contributed by atoms with Crippen molar-refractivity contribution < 1.29 is 9.63 Å². The Morgan fingerprint density at radius 2 is 1.68 bits per heavy atom. The summed E-state index contributed by atoms with van der Waals surface area (Å²) >= 11 is 0. The summed E-state index contributed by atoms with van der Waals surface area (Å²) in [4.78, 5) is 26.4. The number of nitrogens with zero attached hydrogens (tertiary/aromatic N) is 3. The van der Waals surface area contributed by atoms with E-state index in [9.17, 15) is 4.79 Å². The molecule has 0 N–H and O–H groups in total. The molecule has 0 spiro atoms. The predicted molar refractivity (Wildman–Crippen MR) is 94.9 cm³/mol. The van der Waals surface area contributed by atoms with Crippen LogP contribution in [-0.4, -0.2) is 34.1 Å². The molecule has 0 saturated carbocycles. The Kier molecular flexibility index (Phi) is 4.39. The van der Waals surface area contributed by atoms with Crippen LogP contribution >= 0.6 is 0 Å². The lowest BCUT2D eigenvalue weighted by Gasteiger charge is -2.30. The molecule has 0 radical (unpaired) electrons. The zero-order valence-corrected chi connectivity index (χ0v) is 13.8. The monoisotopic (exact) mass is 333 g/mol. The molecule has 1 saturated heterocycles. The van der Waals surface area contributed by atoms with Gasteiger partial charge in [0.15, 0.2) is 0 Å². The Balaban J connectivity index is 1.38. The molecule has 1 aromatic heterocycles. The van der Waals surface area contributed by atoms with Gasteiger partial charge in [-0.3, -0.25) is 9.97 Å². The summed E-state index contributed by atoms with van der Waals surface area (Å²) in [6.07, 6.45) is 5.23. The molecule has 3 aromatic rings. The highest BCUT2D eigenvalue weighted by molar-refractivity contribution is 5.93. The molecular formula is C20H19N3O2. The average Bonchev–Trinajstić information content (AvgIpc) is 2.69. The van der Waals surface area contributed by atoms with Crippen LogP contribution in [-0.2, 0) is 4.84 Å². The lowest BCUT2D eigenvalue weighted by Crippen LogP contribution is -2.35. The molecule has 5 heteroatoms. The van der Waals surface area contributed by atoms with Crippen molar-refractivity contribution in [3.63, 3.8) is 0 Å². The van der Waals surface area contributed by atoms with E-state index in [2.05, 4.69) is 34.2 Å². The van der Waals surface area contributed by atoms with Gasteiger partial charge in [0.25, 0.3) is 0 Å². The molecule has 4 rings (SSSR count). The van der Waals surface area contributed by atoms with Crippen LogP contribution in [0.15, 0.2) is 60.9 Å². The summed E-state index contributed by atoms with van der Waals surface area (Å²) in [7, 11) is 0. The quantitative estimate of drug-likeness (QED) is 0.733. The van der Waals surface area contributed by atoms with E-state index in [1.165, 1.54) is 5.56 Å². The number of hydrogen-bond donors (Lipinski definition) is 0. The van der Waals surface area contributed by atoms with E-state index < -0.39 is 0 Å². The molecule has 1 aliphatic rings. The molecule has 1 aliphatic heterocycles. The van der Waals surface area contributed by atoms with E-state index in [4.69, 9.17) is 4.84 Å². The summed E-state index contributed by atoms with van der Waals surface area (Å²) in [5.74, 6) is 0.192. The van der Waals surface area contributed by atoms with Crippen molar-refractivity contribution in [1.82, 2.24) is 15.0 Å². The molecule has 0 aliphatic carbocycles. The molecule has 2 heterocycles. The molecule has 5 nitrogen and oxygen atoms in total. The van der Waals surface area contributed by atoms with Gasteiger partial charge in [0.1, 0.15) is 0 Å². The number of carbonyl (C=O) groups excluding carboxylic acids is 1. The van der Waals surface area contributed by atoms with E-state index in [-0.39, 0.29) is 5.97 Å². The standard InChI is InChI=1S/C20H19N3O2/c24-20(17-6-7-18-19(14-17)22-11-10-21-18)25-23-12-8-16(9-13-23)15-4-2-1-3-5-15/h1-7,10-11,14,16H,8-9,12-13H2. The number of benzene rings is 2. The third-order valence-electron chi connectivity index (χ3n) is 4.64. The molecule has 0 bridgehead atoms. The van der Waals surface area contributed by atoms with Crippen LogP contribution in [0, 0.1) is 0 Å². The van der Waals surface area contributed by atoms with Gasteiger partial charge in [0, 0.05) is 25.5 Å². The van der Waals surface area contributed by atoms with E-state index in [1.54, 1.807) is 35.7 Å². The van der Waals surface area contributed by atoms with E-state index in [1.807, 2.05) is 6.07 Å². The highest BCUT2D eigenvalue weighted by Crippen LogP contribution is 2.28. The van der Waals surface area contributed by atoms with Crippen molar-refractivity contribution in [3.8, 4) is 0 Å². The highest BCUT2D eigenvalue weighted by atomic mass is 16.7. The number of piperidine rings is 1. The van der Waals surface area contributed by atoms with E-state index in [0.29, 0.717) is 17.0 Å². The molecule has 1 fully saturated rings. The fraction of sp³-hybridized carbons (Fsp3) is 0.250. The Morgan fingerprint density at radius 1 is 0.960 bits per heavy atom. The minimum atomic E-state index is -0.342. The van der Waals surface area contributed by atoms with E-state index >= 15 is 0 Å². The molecule has 0 unspecified atom stereocenters. The number of hydroxylamine groups is 2. The topological polar surface area (TPSA) is 55.3 Å². The Labute approximate surface area is 146 Å². The van der Waals surface area contributed by atoms with Crippen LogP contribution in [0.1, 0.15) is 34.7 Å². The van der Waals surface area contributed by atoms with Gasteiger partial charge in [0.2, 0.25) is 0 Å². The summed E-state index contributed by atoms with van der Waals surface area (Å²) in [5.41, 5.74) is 3.32. The minimum Gasteiger partial charge on any atom is -0.364 e. The van der Waals surface area contributed by atoms with Crippen molar-refractivity contribution in [1.29, 1.82) is 0 Å². The number of rotatable bonds is 3. The van der Waals surface area contributed by atoms with Crippen LogP contribution in [0.4, 0.5) is 0 Å². The second kappa shape index (κ2) is 6.99. The summed E-state index contributed by atoms with van der Waals surface area (Å²) in [6.45, 7) is 1.50. The average molecular weight is 333 g/mol. The minimum absolute atomic E-state index is 0.342. The van der Waals surface area contributed by atoms with Gasteiger partial charge >= 0.3 is 5.97 Å². The number of carbonyl (C=O) groups is 1. The number of aromatic nitrogens is 2. The lowest BCUT2D eigenvalue weighted by atomic mass is 9.90. The molecule has 2 aromatic carbocycles. The summed E-state index contributed by atoms with van der Waals surface area (Å²) < 4.78 is 0. The van der Waals surface area contributed by atoms with Crippen LogP contribution in [0.2, 0.25) is 0 Å². The third-order valence-corrected chi connectivity index (χ3v) is 4.64. The summed E-state index contributed by atoms with van der Waals surface area (Å²) in [5, 5.41) is 1.77. The van der Waals surface area contributed by atoms with Crippen LogP contribution in [0.3, 0.4) is 0 Å². The summed E-state index contributed by atoms with van der Waals surface area (Å²) in [6, 6.07) is 15.8. The maximum Gasteiger partial charge on any atom is 0.357 e. The number of hydrogen-bond acceptors (Lipinski definition) is 5. The second-order valence-electron chi connectivity index (χ2n) is 6.25. The first-order valence-electron chi connectivity index (χ1n) is 8.52. The van der Waals surface area contributed by atoms with Crippen molar-refractivity contribution >= 4 is 17.0 Å². The first-order chi connectivity index (χ1) is 12.3. The largest absolute Gasteiger partial charge is 0.364 e. The van der Waals surface area contributed by atoms with Gasteiger partial charge in [-0.2, -0.15) is 0 Å². The molecule has 126 valence electrons. The van der Waals surface area contributed by atoms with Crippen LogP contribution in [0.25, 0.3) is 11.0 Å². The first kappa shape index (κ1) is 15.7. The number of fused-ring (bicyclic) bond motifs is 1.